The van der Waals surface area contributed by atoms with Gasteiger partial charge in [-0.25, -0.2) is 8.42 Å². The fraction of sp³-hybridized carbons (Fsp3) is 0.413. The van der Waals surface area contributed by atoms with Crippen molar-refractivity contribution in [3.05, 3.63) is 185 Å². The second-order valence-corrected chi connectivity index (χ2v) is 20.2. The van der Waals surface area contributed by atoms with Gasteiger partial charge >= 0.3 is 0 Å². The Hall–Kier alpha value is -4.78. The van der Waals surface area contributed by atoms with Gasteiger partial charge in [0.05, 0.1) is 12.0 Å². The van der Waals surface area contributed by atoms with E-state index >= 15 is 0 Å². The Kier molecular flexibility index (Phi) is 68.8. The van der Waals surface area contributed by atoms with Crippen molar-refractivity contribution >= 4 is 60.8 Å². The minimum atomic E-state index is -4.03. The van der Waals surface area contributed by atoms with Crippen LogP contribution in [0.4, 0.5) is 0 Å². The third-order valence-electron chi connectivity index (χ3n) is 9.08. The number of amides is 3. The molecule has 0 aliphatic heterocycles. The molecular formula is C63H101N3O10S3Y. The zero-order chi connectivity index (χ0) is 62.2. The normalized spacial score (nSPS) is 9.62. The summed E-state index contributed by atoms with van der Waals surface area (Å²) >= 11 is -3.39. The molecule has 0 aliphatic rings. The predicted molar refractivity (Wildman–Crippen MR) is 340 cm³/mol. The van der Waals surface area contributed by atoms with Crippen LogP contribution in [0.2, 0.25) is 0 Å². The van der Waals surface area contributed by atoms with Crippen molar-refractivity contribution in [3.63, 3.8) is 0 Å². The zero-order valence-electron chi connectivity index (χ0n) is 52.1. The molecule has 0 fully saturated rings. The van der Waals surface area contributed by atoms with Gasteiger partial charge in [0.25, 0.3) is 10.1 Å². The third kappa shape index (κ3) is 62.4. The molecule has 3 amide bonds. The van der Waals surface area contributed by atoms with Crippen LogP contribution < -0.4 is 16.0 Å². The molecule has 449 valence electrons. The van der Waals surface area contributed by atoms with Gasteiger partial charge in [0.15, 0.2) is 22.2 Å². The van der Waals surface area contributed by atoms with Crippen LogP contribution >= 0.6 is 0 Å². The molecule has 0 saturated carbocycles. The molecule has 13 nitrogen and oxygen atoms in total. The summed E-state index contributed by atoms with van der Waals surface area (Å²) in [4.78, 5) is 30.1. The Balaban J connectivity index is -0.000000149. The topological polar surface area (TPSA) is 205 Å². The van der Waals surface area contributed by atoms with Crippen LogP contribution in [0.5, 0.6) is 0 Å². The summed E-state index contributed by atoms with van der Waals surface area (Å²) in [5.74, 6) is -0.852. The minimum Gasteiger partial charge on any atom is -0.359 e. The van der Waals surface area contributed by atoms with E-state index in [9.17, 15) is 31.2 Å². The van der Waals surface area contributed by atoms with Crippen molar-refractivity contribution < 1.29 is 77.2 Å². The fourth-order valence-corrected chi connectivity index (χ4v) is 5.94. The molecule has 0 aliphatic carbocycles. The minimum absolute atomic E-state index is 0. The van der Waals surface area contributed by atoms with Gasteiger partial charge < -0.3 is 20.5 Å². The van der Waals surface area contributed by atoms with E-state index in [1.807, 2.05) is 32.0 Å². The first-order chi connectivity index (χ1) is 37.2. The molecule has 0 bridgehead atoms. The van der Waals surface area contributed by atoms with Crippen molar-refractivity contribution in [2.24, 2.45) is 0 Å². The van der Waals surface area contributed by atoms with Crippen LogP contribution in [-0.4, -0.2) is 76.5 Å². The number of aryl methyl sites for hydroxylation is 7. The maximum absolute atomic E-state index is 10.6. The second-order valence-electron chi connectivity index (χ2n) is 16.6. The largest absolute Gasteiger partial charge is 0.359 e. The Morgan fingerprint density at radius 1 is 0.525 bits per heavy atom. The van der Waals surface area contributed by atoms with Gasteiger partial charge in [0.2, 0.25) is 17.7 Å². The standard InChI is InChI=1S/C11H10.2C8H10.C7H8O3S.C7H8.C4H9NO3S.C4H10.C3H7NO3S.C3H7NO.2C3H8.C2H6.Y/c1-9-6-7-10-4-2-3-5-11(10)8-9;2*1-7-5-3-4-6-8(7)2;1-6-4-2-3-5-7(6)11(8,9)10;1-7-5-3-2-4-6-7;1-5-4(6)3-9(7)8-2;1-3-4-2;1-3(5)4-2-8(6)7;1-3(5)4-2;2*1-3-2;1-2;/h2-8H,1H3;2*3-6H,1-2H3;2-5H,1H3,(H,8,9,10);2-6H,1H3;3H2,1-2H3,(H,5,6);3-4H2,1-2H3;2H2,1H3,(H,4,5)(H,6,7);1-2H3,(H,4,5);2*3H2,1-2H3;1-2H3;. The van der Waals surface area contributed by atoms with E-state index in [1.54, 1.807) is 32.2 Å². The van der Waals surface area contributed by atoms with Gasteiger partial charge in [-0.15, -0.1) is 0 Å². The van der Waals surface area contributed by atoms with Crippen LogP contribution in [0.15, 0.2) is 150 Å². The number of hydrogen-bond acceptors (Lipinski definition) is 8. The Labute approximate surface area is 515 Å². The SMILES string of the molecule is CC.CC(=O)NCS(=O)O.CCC.CCC.CCCC.CNC(=O)CS(=O)OC.CNC(C)=O.Cc1ccc2ccccc2c1.Cc1ccccc1.Cc1ccccc1C.Cc1ccccc1C.Cc1ccccc1S(=O)(=O)O.[Y]. The Morgan fingerprint density at radius 2 is 0.875 bits per heavy atom. The monoisotopic (exact) mass is 1240 g/mol. The fourth-order valence-electron chi connectivity index (χ4n) is 4.42. The number of rotatable bonds is 7. The average molecular weight is 1250 g/mol. The van der Waals surface area contributed by atoms with Crippen LogP contribution in [0, 0.1) is 48.5 Å². The molecular weight excluding hydrogens is 1140 g/mol. The number of carbonyl (C=O) groups is 3. The number of hydrogen-bond donors (Lipinski definition) is 5. The average Bonchev–Trinajstić information content (AvgIpc) is 3.42. The number of nitrogens with one attached hydrogen (secondary N) is 3. The first-order valence-corrected chi connectivity index (χ1v) is 30.4. The maximum atomic E-state index is 10.6. The number of fused-ring (bicyclic) bond motifs is 1. The van der Waals surface area contributed by atoms with Crippen LogP contribution in [0.3, 0.4) is 0 Å². The number of benzene rings is 6. The molecule has 6 rings (SSSR count). The van der Waals surface area contributed by atoms with Crippen molar-refractivity contribution in [2.75, 3.05) is 32.8 Å². The summed E-state index contributed by atoms with van der Waals surface area (Å²) in [5.41, 5.74) is 8.67. The van der Waals surface area contributed by atoms with Crippen molar-refractivity contribution in [3.8, 4) is 0 Å². The molecule has 80 heavy (non-hydrogen) atoms. The molecule has 2 unspecified atom stereocenters. The summed E-state index contributed by atoms with van der Waals surface area (Å²) in [6.45, 7) is 33.9. The molecule has 2 atom stereocenters. The molecule has 0 heterocycles. The predicted octanol–water partition coefficient (Wildman–Crippen LogP) is 14.8. The van der Waals surface area contributed by atoms with E-state index in [2.05, 4.69) is 206 Å². The van der Waals surface area contributed by atoms with Crippen molar-refractivity contribution in [1.29, 1.82) is 0 Å². The summed E-state index contributed by atoms with van der Waals surface area (Å²) in [6, 6.07) is 48.2. The smallest absolute Gasteiger partial charge is 0.294 e. The van der Waals surface area contributed by atoms with Gasteiger partial charge in [0.1, 0.15) is 11.6 Å². The van der Waals surface area contributed by atoms with Crippen LogP contribution in [-0.2, 0) is 83.6 Å². The van der Waals surface area contributed by atoms with E-state index in [0.717, 1.165) is 0 Å². The molecule has 5 N–H and O–H groups in total. The quantitative estimate of drug-likeness (QED) is 0.0755. The van der Waals surface area contributed by atoms with E-state index in [-0.39, 0.29) is 67.0 Å². The van der Waals surface area contributed by atoms with E-state index in [4.69, 9.17) is 9.11 Å². The molecule has 0 saturated heterocycles. The van der Waals surface area contributed by atoms with Gasteiger partial charge in [-0.2, -0.15) is 8.42 Å². The van der Waals surface area contributed by atoms with Gasteiger partial charge in [-0.05, 0) is 93.1 Å². The Bertz CT molecular complexity index is 2470. The van der Waals surface area contributed by atoms with Crippen LogP contribution in [0.1, 0.15) is 134 Å². The summed E-state index contributed by atoms with van der Waals surface area (Å²) in [6.07, 6.45) is 5.14. The molecule has 17 heteroatoms. The van der Waals surface area contributed by atoms with Gasteiger partial charge in [-0.1, -0.05) is 232 Å². The van der Waals surface area contributed by atoms with Crippen molar-refractivity contribution in [1.82, 2.24) is 16.0 Å². The molecule has 0 aromatic heterocycles. The van der Waals surface area contributed by atoms with Gasteiger partial charge in [0, 0.05) is 60.7 Å². The summed E-state index contributed by atoms with van der Waals surface area (Å²) in [7, 11) is 0.338. The third-order valence-corrected chi connectivity index (χ3v) is 11.4. The first kappa shape index (κ1) is 89.0. The van der Waals surface area contributed by atoms with E-state index < -0.39 is 32.3 Å². The second kappa shape index (κ2) is 61.8. The van der Waals surface area contributed by atoms with Crippen LogP contribution in [0.25, 0.3) is 10.8 Å². The van der Waals surface area contributed by atoms with Gasteiger partial charge in [-0.3, -0.25) is 23.1 Å². The summed E-state index contributed by atoms with van der Waals surface area (Å²) in [5, 5.41) is 9.51. The van der Waals surface area contributed by atoms with E-state index in [1.165, 1.54) is 104 Å². The zero-order valence-corrected chi connectivity index (χ0v) is 57.3. The first-order valence-electron chi connectivity index (χ1n) is 26.4. The number of carbonyl (C=O) groups excluding carboxylic acids is 3. The molecule has 6 aromatic rings. The molecule has 0 spiro atoms. The summed E-state index contributed by atoms with van der Waals surface area (Å²) < 4.78 is 62.5. The molecule has 6 aromatic carbocycles. The maximum Gasteiger partial charge on any atom is 0.294 e. The Morgan fingerprint density at radius 3 is 1.12 bits per heavy atom. The number of unbranched alkanes of at least 4 members (excludes halogenated alkanes) is 1. The van der Waals surface area contributed by atoms with Crippen molar-refractivity contribution in [2.45, 2.75) is 148 Å². The van der Waals surface area contributed by atoms with E-state index in [0.29, 0.717) is 5.56 Å². The molecule has 1 radical (unpaired) electrons.